The quantitative estimate of drug-likeness (QED) is 0.156. The van der Waals surface area contributed by atoms with Crippen LogP contribution in [0.5, 0.6) is 0 Å². The van der Waals surface area contributed by atoms with Crippen LogP contribution in [0.4, 0.5) is 0 Å². The average molecular weight is 609 g/mol. The summed E-state index contributed by atoms with van der Waals surface area (Å²) in [5, 5.41) is 0. The van der Waals surface area contributed by atoms with E-state index in [4.69, 9.17) is 0 Å². The van der Waals surface area contributed by atoms with E-state index in [1.165, 1.54) is 72.5 Å². The van der Waals surface area contributed by atoms with Gasteiger partial charge in [0.1, 0.15) is 13.1 Å². The summed E-state index contributed by atoms with van der Waals surface area (Å²) in [4.78, 5) is 0. The first-order chi connectivity index (χ1) is 15.5. The van der Waals surface area contributed by atoms with Gasteiger partial charge in [-0.05, 0) is 41.5 Å². The Morgan fingerprint density at radius 2 is 0.758 bits per heavy atom. The fraction of sp³-hybridized carbons (Fsp3) is 0.538. The van der Waals surface area contributed by atoms with Crippen LogP contribution in [-0.2, 0) is 43.6 Å². The number of quaternary nitrogens is 2. The van der Waals surface area contributed by atoms with Gasteiger partial charge in [-0.1, -0.05) is 60.7 Å². The van der Waals surface area contributed by atoms with E-state index in [0.717, 1.165) is 0 Å². The molecule has 0 aliphatic rings. The van der Waals surface area contributed by atoms with E-state index in [2.05, 4.69) is 143 Å². The summed E-state index contributed by atoms with van der Waals surface area (Å²) in [6.45, 7) is 23.4. The Morgan fingerprint density at radius 1 is 0.545 bits per heavy atom. The first-order valence-electron chi connectivity index (χ1n) is 12.0. The topological polar surface area (TPSA) is 0 Å². The molecule has 33 heavy (non-hydrogen) atoms. The van der Waals surface area contributed by atoms with Crippen molar-refractivity contribution in [1.82, 2.24) is 0 Å². The van der Waals surface area contributed by atoms with E-state index in [-0.39, 0.29) is 0 Å². The van der Waals surface area contributed by atoms with E-state index >= 15 is 0 Å². The Labute approximate surface area is 223 Å². The Morgan fingerprint density at radius 3 is 0.939 bits per heavy atom. The zero-order chi connectivity index (χ0) is 25.4. The molecule has 0 aliphatic carbocycles. The zero-order valence-electron chi connectivity index (χ0n) is 21.4. The van der Waals surface area contributed by atoms with Gasteiger partial charge in [-0.2, -0.15) is 0 Å². The number of hydrogen-bond acceptors (Lipinski definition) is 4. The fourth-order valence-electron chi connectivity index (χ4n) is 3.95. The second kappa shape index (κ2) is 17.6. The molecular formula is C26H44MoN2S4. The molecule has 2 aromatic carbocycles. The summed E-state index contributed by atoms with van der Waals surface area (Å²) in [7, 11) is 15.2. The first-order valence-corrected chi connectivity index (χ1v) is 23.1. The van der Waals surface area contributed by atoms with Crippen molar-refractivity contribution in [1.29, 1.82) is 0 Å². The van der Waals surface area contributed by atoms with Crippen LogP contribution in [0.2, 0.25) is 0 Å². The predicted molar refractivity (Wildman–Crippen MR) is 154 cm³/mol. The molecule has 0 radical (unpaired) electrons. The van der Waals surface area contributed by atoms with Gasteiger partial charge in [-0.15, -0.1) is 0 Å². The summed E-state index contributed by atoms with van der Waals surface area (Å²) in [5.41, 5.74) is 2.91. The average Bonchev–Trinajstić information content (AvgIpc) is 2.82. The van der Waals surface area contributed by atoms with Crippen molar-refractivity contribution in [3.63, 3.8) is 0 Å². The Kier molecular flexibility index (Phi) is 17.7. The van der Waals surface area contributed by atoms with E-state index in [1.807, 2.05) is 0 Å². The van der Waals surface area contributed by atoms with Gasteiger partial charge in [0.2, 0.25) is 0 Å². The van der Waals surface area contributed by atoms with Crippen molar-refractivity contribution in [3.8, 4) is 0 Å². The van der Waals surface area contributed by atoms with Crippen LogP contribution in [-0.4, -0.2) is 48.2 Å². The number of nitrogens with zero attached hydrogens (tertiary/aromatic N) is 2. The van der Waals surface area contributed by atoms with Gasteiger partial charge in [-0.25, -0.2) is 0 Å². The minimum atomic E-state index is -2.69. The monoisotopic (exact) mass is 610 g/mol. The molecule has 0 bridgehead atoms. The van der Waals surface area contributed by atoms with Crippen LogP contribution in [0.25, 0.3) is 0 Å². The fourth-order valence-corrected chi connectivity index (χ4v) is 3.95. The molecule has 0 atom stereocenters. The van der Waals surface area contributed by atoms with Gasteiger partial charge in [0.05, 0.1) is 39.3 Å². The summed E-state index contributed by atoms with van der Waals surface area (Å²) < 4.78 is 2.40. The van der Waals surface area contributed by atoms with E-state index in [0.29, 0.717) is 0 Å². The minimum absolute atomic E-state index is 1.17. The molecule has 0 aliphatic heterocycles. The normalized spacial score (nSPS) is 11.6. The maximum absolute atomic E-state index is 4.46. The summed E-state index contributed by atoms with van der Waals surface area (Å²) in [6.07, 6.45) is 0. The molecule has 0 aromatic heterocycles. The van der Waals surface area contributed by atoms with Crippen molar-refractivity contribution >= 4 is 40.3 Å². The van der Waals surface area contributed by atoms with Crippen molar-refractivity contribution in [2.75, 3.05) is 39.3 Å². The van der Waals surface area contributed by atoms with Gasteiger partial charge >= 0.3 is 50.2 Å². The Balaban J connectivity index is 0.000000517. The predicted octanol–water partition coefficient (Wildman–Crippen LogP) is 7.42. The van der Waals surface area contributed by atoms with Crippen molar-refractivity contribution in [2.45, 2.75) is 54.6 Å². The van der Waals surface area contributed by atoms with Crippen molar-refractivity contribution < 1.29 is 18.8 Å². The molecule has 0 heterocycles. The molecular weight excluding hydrogens is 565 g/mol. The van der Waals surface area contributed by atoms with Gasteiger partial charge in [-0.3, -0.25) is 0 Å². The number of benzene rings is 2. The Bertz CT molecular complexity index is 753. The SMILES string of the molecule is CC[N+](CC)(CC)Cc1ccccc1.CC[N+](CC)(CC)Cc1ccccc1.[S]=[Mo](=[S])([S-])[S-]. The van der Waals surface area contributed by atoms with Gasteiger partial charge in [0.15, 0.2) is 0 Å². The third kappa shape index (κ3) is 15.0. The Hall–Kier alpha value is 0.188. The molecule has 0 N–H and O–H groups in total. The van der Waals surface area contributed by atoms with Gasteiger partial charge in [0.25, 0.3) is 0 Å². The molecule has 0 saturated heterocycles. The molecule has 2 nitrogen and oxygen atoms in total. The summed E-state index contributed by atoms with van der Waals surface area (Å²) in [5.74, 6) is 0. The van der Waals surface area contributed by atoms with E-state index < -0.39 is 9.86 Å². The van der Waals surface area contributed by atoms with E-state index in [1.54, 1.807) is 0 Å². The van der Waals surface area contributed by atoms with Crippen LogP contribution < -0.4 is 0 Å². The van der Waals surface area contributed by atoms with Crippen LogP contribution >= 0.6 is 19.6 Å². The van der Waals surface area contributed by atoms with Gasteiger partial charge in [0, 0.05) is 11.1 Å². The zero-order valence-corrected chi connectivity index (χ0v) is 26.6. The van der Waals surface area contributed by atoms with E-state index in [9.17, 15) is 0 Å². The maximum atomic E-state index is 4.46. The molecule has 0 unspecified atom stereocenters. The third-order valence-corrected chi connectivity index (χ3v) is 6.75. The molecule has 188 valence electrons. The first kappa shape index (κ1) is 33.2. The number of rotatable bonds is 10. The third-order valence-electron chi connectivity index (χ3n) is 6.75. The molecule has 0 saturated carbocycles. The van der Waals surface area contributed by atoms with Crippen LogP contribution in [0.15, 0.2) is 60.7 Å². The molecule has 0 spiro atoms. The molecule has 0 amide bonds. The molecule has 7 heteroatoms. The van der Waals surface area contributed by atoms with Crippen LogP contribution in [0.1, 0.15) is 52.7 Å². The van der Waals surface area contributed by atoms with Crippen molar-refractivity contribution in [3.05, 3.63) is 71.8 Å². The standard InChI is InChI=1S/2C13H22N.Mo.4S/c2*1-4-14(5-2,6-3)12-13-10-8-7-9-11-13;;;;;/h2*7-11H,4-6,12H2,1-3H3;;;;;/q2*+1;;;;2*-1. The number of hydrogen-bond donors (Lipinski definition) is 0. The summed E-state index contributed by atoms with van der Waals surface area (Å²) in [6, 6.07) is 21.6. The van der Waals surface area contributed by atoms with Crippen molar-refractivity contribution in [2.24, 2.45) is 0 Å². The molecule has 0 fully saturated rings. The van der Waals surface area contributed by atoms with Gasteiger partial charge < -0.3 is 8.97 Å². The second-order valence-corrected chi connectivity index (χ2v) is 29.6. The molecule has 2 aromatic rings. The second-order valence-electron chi connectivity index (χ2n) is 8.28. The van der Waals surface area contributed by atoms with Crippen LogP contribution in [0, 0.1) is 0 Å². The molecule has 2 rings (SSSR count). The summed E-state index contributed by atoms with van der Waals surface area (Å²) >= 11 is 0. The van der Waals surface area contributed by atoms with Crippen LogP contribution in [0.3, 0.4) is 0 Å².